The molecule has 1 amide bonds. The number of hydrogen-bond donors (Lipinski definition) is 1. The van der Waals surface area contributed by atoms with Gasteiger partial charge in [0.2, 0.25) is 0 Å². The number of carbonyl (C=O) groups excluding carboxylic acids is 1. The lowest BCUT2D eigenvalue weighted by molar-refractivity contribution is 0.0936. The number of sulfone groups is 1. The third-order valence-corrected chi connectivity index (χ3v) is 6.02. The summed E-state index contributed by atoms with van der Waals surface area (Å²) in [5.41, 5.74) is 1.64. The maximum Gasteiger partial charge on any atom is 0.251 e. The van der Waals surface area contributed by atoms with Crippen LogP contribution in [0.15, 0.2) is 59.5 Å². The summed E-state index contributed by atoms with van der Waals surface area (Å²) in [5, 5.41) is 3.03. The van der Waals surface area contributed by atoms with Crippen LogP contribution in [0.1, 0.15) is 35.3 Å². The second kappa shape index (κ2) is 7.60. The molecule has 2 aromatic carbocycles. The topological polar surface area (TPSA) is 66.5 Å². The van der Waals surface area contributed by atoms with Gasteiger partial charge in [0.1, 0.15) is 0 Å². The molecular weight excluding hydrogens is 348 g/mol. The summed E-state index contributed by atoms with van der Waals surface area (Å²) in [6.07, 6.45) is 2.03. The van der Waals surface area contributed by atoms with Crippen LogP contribution in [0, 0.1) is 0 Å². The Morgan fingerprint density at radius 2 is 1.88 bits per heavy atom. The lowest BCUT2D eigenvalue weighted by Crippen LogP contribution is -2.37. The number of likely N-dealkylation sites (tertiary alicyclic amines) is 1. The zero-order valence-electron chi connectivity index (χ0n) is 15.1. The molecule has 2 aromatic rings. The van der Waals surface area contributed by atoms with Crippen LogP contribution in [0.25, 0.3) is 0 Å². The third kappa shape index (κ3) is 4.31. The molecule has 0 aromatic heterocycles. The Kier molecular flexibility index (Phi) is 5.44. The Labute approximate surface area is 154 Å². The maximum atomic E-state index is 12.5. The Morgan fingerprint density at radius 3 is 2.58 bits per heavy atom. The molecule has 6 heteroatoms. The first-order valence-corrected chi connectivity index (χ1v) is 10.6. The van der Waals surface area contributed by atoms with E-state index in [1.54, 1.807) is 12.1 Å². The van der Waals surface area contributed by atoms with Crippen LogP contribution >= 0.6 is 0 Å². The summed E-state index contributed by atoms with van der Waals surface area (Å²) in [5.74, 6) is -0.227. The molecule has 2 atom stereocenters. The molecule has 1 saturated heterocycles. The fourth-order valence-electron chi connectivity index (χ4n) is 3.34. The number of amides is 1. The first-order chi connectivity index (χ1) is 12.3. The second-order valence-electron chi connectivity index (χ2n) is 6.84. The van der Waals surface area contributed by atoms with E-state index in [1.807, 2.05) is 18.2 Å². The van der Waals surface area contributed by atoms with E-state index in [9.17, 15) is 13.2 Å². The van der Waals surface area contributed by atoms with Gasteiger partial charge in [0.15, 0.2) is 9.84 Å². The number of rotatable bonds is 5. The van der Waals surface area contributed by atoms with Crippen molar-refractivity contribution in [3.05, 3.63) is 65.7 Å². The average Bonchev–Trinajstić information content (AvgIpc) is 3.09. The monoisotopic (exact) mass is 372 g/mol. The molecule has 3 rings (SSSR count). The lowest BCUT2D eigenvalue weighted by Gasteiger charge is -2.24. The summed E-state index contributed by atoms with van der Waals surface area (Å²) < 4.78 is 23.3. The molecule has 1 fully saturated rings. The molecule has 0 radical (unpaired) electrons. The minimum atomic E-state index is -3.32. The highest BCUT2D eigenvalue weighted by Gasteiger charge is 2.28. The highest BCUT2D eigenvalue weighted by atomic mass is 32.2. The van der Waals surface area contributed by atoms with Crippen LogP contribution in [0.3, 0.4) is 0 Å². The van der Waals surface area contributed by atoms with Crippen LogP contribution in [0.4, 0.5) is 0 Å². The van der Waals surface area contributed by atoms with E-state index >= 15 is 0 Å². The van der Waals surface area contributed by atoms with Crippen LogP contribution in [-0.4, -0.2) is 44.6 Å². The van der Waals surface area contributed by atoms with E-state index in [1.165, 1.54) is 17.7 Å². The van der Waals surface area contributed by atoms with E-state index < -0.39 is 9.84 Å². The number of hydrogen-bond acceptors (Lipinski definition) is 4. The number of benzene rings is 2. The van der Waals surface area contributed by atoms with Gasteiger partial charge in [-0.05, 0) is 37.1 Å². The molecule has 0 aliphatic carbocycles. The Hall–Kier alpha value is -2.18. The molecule has 1 aliphatic heterocycles. The van der Waals surface area contributed by atoms with Crippen LogP contribution < -0.4 is 5.32 Å². The van der Waals surface area contributed by atoms with Crippen molar-refractivity contribution in [3.63, 3.8) is 0 Å². The maximum absolute atomic E-state index is 12.5. The zero-order valence-corrected chi connectivity index (χ0v) is 15.9. The van der Waals surface area contributed by atoms with Crippen molar-refractivity contribution in [2.45, 2.75) is 30.3 Å². The van der Waals surface area contributed by atoms with Crippen molar-refractivity contribution in [1.29, 1.82) is 0 Å². The average molecular weight is 372 g/mol. The van der Waals surface area contributed by atoms with Gasteiger partial charge >= 0.3 is 0 Å². The Morgan fingerprint density at radius 1 is 1.15 bits per heavy atom. The summed E-state index contributed by atoms with van der Waals surface area (Å²) in [7, 11) is -3.32. The predicted molar refractivity (Wildman–Crippen MR) is 102 cm³/mol. The standard InChI is InChI=1S/C20H24N2O3S/c1-15(16-7-4-3-5-8-16)22-12-11-18(14-22)21-20(23)17-9-6-10-19(13-17)26(2,24)25/h3-10,13,15,18H,11-12,14H2,1-2H3,(H,21,23)/t15-,18-/m1/s1. The fourth-order valence-corrected chi connectivity index (χ4v) is 4.00. The third-order valence-electron chi connectivity index (χ3n) is 4.91. The second-order valence-corrected chi connectivity index (χ2v) is 8.86. The molecule has 0 saturated carbocycles. The molecular formula is C20H24N2O3S. The SMILES string of the molecule is C[C@H](c1ccccc1)N1CC[C@@H](NC(=O)c2cccc(S(C)(=O)=O)c2)C1. The van der Waals surface area contributed by atoms with Crippen molar-refractivity contribution >= 4 is 15.7 Å². The van der Waals surface area contributed by atoms with Crippen LogP contribution in [0.5, 0.6) is 0 Å². The predicted octanol–water partition coefficient (Wildman–Crippen LogP) is 2.66. The summed E-state index contributed by atoms with van der Waals surface area (Å²) in [6, 6.07) is 16.9. The Balaban J connectivity index is 1.63. The molecule has 0 spiro atoms. The quantitative estimate of drug-likeness (QED) is 0.876. The molecule has 5 nitrogen and oxygen atoms in total. The number of nitrogens with zero attached hydrogens (tertiary/aromatic N) is 1. The van der Waals surface area contributed by atoms with Gasteiger partial charge in [-0.15, -0.1) is 0 Å². The largest absolute Gasteiger partial charge is 0.348 e. The van der Waals surface area contributed by atoms with E-state index in [0.29, 0.717) is 11.6 Å². The number of carbonyl (C=O) groups is 1. The first kappa shape index (κ1) is 18.6. The van der Waals surface area contributed by atoms with Crippen molar-refractivity contribution in [1.82, 2.24) is 10.2 Å². The zero-order chi connectivity index (χ0) is 18.7. The summed E-state index contributed by atoms with van der Waals surface area (Å²) in [4.78, 5) is 15.0. The molecule has 26 heavy (non-hydrogen) atoms. The van der Waals surface area contributed by atoms with Gasteiger partial charge in [0.25, 0.3) is 5.91 Å². The minimum Gasteiger partial charge on any atom is -0.348 e. The van der Waals surface area contributed by atoms with Gasteiger partial charge in [-0.2, -0.15) is 0 Å². The van der Waals surface area contributed by atoms with E-state index in [4.69, 9.17) is 0 Å². The van der Waals surface area contributed by atoms with E-state index in [0.717, 1.165) is 25.8 Å². The van der Waals surface area contributed by atoms with Gasteiger partial charge in [0.05, 0.1) is 4.90 Å². The molecule has 0 bridgehead atoms. The molecule has 1 N–H and O–H groups in total. The summed E-state index contributed by atoms with van der Waals surface area (Å²) >= 11 is 0. The van der Waals surface area contributed by atoms with Crippen molar-refractivity contribution in [2.75, 3.05) is 19.3 Å². The normalized spacial score (nSPS) is 19.2. The van der Waals surface area contributed by atoms with Crippen molar-refractivity contribution in [2.24, 2.45) is 0 Å². The van der Waals surface area contributed by atoms with E-state index in [2.05, 4.69) is 29.3 Å². The van der Waals surface area contributed by atoms with E-state index in [-0.39, 0.29) is 16.8 Å². The lowest BCUT2D eigenvalue weighted by atomic mass is 10.1. The highest BCUT2D eigenvalue weighted by Crippen LogP contribution is 2.24. The highest BCUT2D eigenvalue weighted by molar-refractivity contribution is 7.90. The van der Waals surface area contributed by atoms with Gasteiger partial charge in [-0.3, -0.25) is 9.69 Å². The van der Waals surface area contributed by atoms with Crippen molar-refractivity contribution in [3.8, 4) is 0 Å². The van der Waals surface area contributed by atoms with Crippen LogP contribution in [0.2, 0.25) is 0 Å². The van der Waals surface area contributed by atoms with Gasteiger partial charge in [-0.25, -0.2) is 8.42 Å². The first-order valence-electron chi connectivity index (χ1n) is 8.74. The van der Waals surface area contributed by atoms with Crippen molar-refractivity contribution < 1.29 is 13.2 Å². The molecule has 1 heterocycles. The molecule has 138 valence electrons. The van der Waals surface area contributed by atoms with Gasteiger partial charge in [0, 0.05) is 37.0 Å². The number of nitrogens with one attached hydrogen (secondary N) is 1. The summed E-state index contributed by atoms with van der Waals surface area (Å²) in [6.45, 7) is 3.88. The Bertz CT molecular complexity index is 881. The molecule has 1 aliphatic rings. The fraction of sp³-hybridized carbons (Fsp3) is 0.350. The van der Waals surface area contributed by atoms with Crippen LogP contribution in [-0.2, 0) is 9.84 Å². The van der Waals surface area contributed by atoms with Gasteiger partial charge in [-0.1, -0.05) is 36.4 Å². The van der Waals surface area contributed by atoms with Gasteiger partial charge < -0.3 is 5.32 Å². The smallest absolute Gasteiger partial charge is 0.251 e. The molecule has 0 unspecified atom stereocenters. The minimum absolute atomic E-state index is 0.0653.